The van der Waals surface area contributed by atoms with Crippen LogP contribution in [-0.4, -0.2) is 25.8 Å². The van der Waals surface area contributed by atoms with Gasteiger partial charge in [-0.05, 0) is 24.3 Å². The van der Waals surface area contributed by atoms with Crippen LogP contribution in [0.25, 0.3) is 11.0 Å². The molecule has 0 aliphatic carbocycles. The lowest BCUT2D eigenvalue weighted by atomic mass is 10.2. The molecule has 0 radical (unpaired) electrons. The average Bonchev–Trinajstić information content (AvgIpc) is 2.91. The molecule has 0 aliphatic rings. The Hall–Kier alpha value is -2.76. The first-order valence-corrected chi connectivity index (χ1v) is 6.71. The van der Waals surface area contributed by atoms with E-state index in [4.69, 9.17) is 0 Å². The van der Waals surface area contributed by atoms with Crippen molar-refractivity contribution >= 4 is 22.9 Å². The summed E-state index contributed by atoms with van der Waals surface area (Å²) >= 11 is 0. The Labute approximate surface area is 121 Å². The van der Waals surface area contributed by atoms with E-state index in [2.05, 4.69) is 39.1 Å². The van der Waals surface area contributed by atoms with Gasteiger partial charge in [0, 0.05) is 23.9 Å². The number of nitrogens with zero attached hydrogens (tertiary/aromatic N) is 3. The standard InChI is InChI=1S/C15H15N5O/c1-9(2)13-18-11-5-4-10(8-12(11)19-13)14(21)20-15-16-6-3-7-17-15/h3-9H,1-2H3,(H,18,19)(H,16,17,20,21). The van der Waals surface area contributed by atoms with Gasteiger partial charge in [0.25, 0.3) is 5.91 Å². The molecule has 0 aliphatic heterocycles. The predicted octanol–water partition coefficient (Wildman–Crippen LogP) is 2.73. The second-order valence-electron chi connectivity index (χ2n) is 5.04. The molecule has 3 aromatic rings. The van der Waals surface area contributed by atoms with Gasteiger partial charge in [0.1, 0.15) is 5.82 Å². The van der Waals surface area contributed by atoms with E-state index in [-0.39, 0.29) is 11.9 Å². The van der Waals surface area contributed by atoms with Crippen LogP contribution in [0.4, 0.5) is 5.95 Å². The van der Waals surface area contributed by atoms with Crippen molar-refractivity contribution in [3.63, 3.8) is 0 Å². The SMILES string of the molecule is CC(C)c1nc2ccc(C(=O)Nc3ncccn3)cc2[nH]1. The van der Waals surface area contributed by atoms with Gasteiger partial charge in [0.2, 0.25) is 5.95 Å². The maximum atomic E-state index is 12.2. The number of H-pyrrole nitrogens is 1. The van der Waals surface area contributed by atoms with Crippen molar-refractivity contribution in [1.82, 2.24) is 19.9 Å². The highest BCUT2D eigenvalue weighted by molar-refractivity contribution is 6.05. The van der Waals surface area contributed by atoms with Crippen molar-refractivity contribution in [1.29, 1.82) is 0 Å². The number of nitrogens with one attached hydrogen (secondary N) is 2. The van der Waals surface area contributed by atoms with E-state index in [9.17, 15) is 4.79 Å². The molecule has 3 rings (SSSR count). The lowest BCUT2D eigenvalue weighted by Gasteiger charge is -2.02. The van der Waals surface area contributed by atoms with Crippen LogP contribution >= 0.6 is 0 Å². The highest BCUT2D eigenvalue weighted by Gasteiger charge is 2.11. The summed E-state index contributed by atoms with van der Waals surface area (Å²) in [5, 5.41) is 2.66. The van der Waals surface area contributed by atoms with Gasteiger partial charge in [-0.1, -0.05) is 13.8 Å². The van der Waals surface area contributed by atoms with E-state index >= 15 is 0 Å². The highest BCUT2D eigenvalue weighted by atomic mass is 16.1. The molecule has 0 atom stereocenters. The van der Waals surface area contributed by atoms with Crippen LogP contribution in [0.1, 0.15) is 35.9 Å². The van der Waals surface area contributed by atoms with Crippen LogP contribution in [-0.2, 0) is 0 Å². The summed E-state index contributed by atoms with van der Waals surface area (Å²) in [5.74, 6) is 1.26. The van der Waals surface area contributed by atoms with Crippen molar-refractivity contribution in [3.8, 4) is 0 Å². The van der Waals surface area contributed by atoms with Crippen LogP contribution < -0.4 is 5.32 Å². The number of benzene rings is 1. The number of aromatic amines is 1. The number of imidazole rings is 1. The van der Waals surface area contributed by atoms with E-state index in [0.717, 1.165) is 16.9 Å². The fraction of sp³-hybridized carbons (Fsp3) is 0.200. The second kappa shape index (κ2) is 5.32. The molecule has 21 heavy (non-hydrogen) atoms. The van der Waals surface area contributed by atoms with E-state index < -0.39 is 0 Å². The number of anilines is 1. The highest BCUT2D eigenvalue weighted by Crippen LogP contribution is 2.18. The number of carbonyl (C=O) groups is 1. The summed E-state index contributed by atoms with van der Waals surface area (Å²) in [6.07, 6.45) is 3.16. The van der Waals surface area contributed by atoms with E-state index in [1.54, 1.807) is 30.6 Å². The molecule has 0 fully saturated rings. The van der Waals surface area contributed by atoms with Gasteiger partial charge in [-0.3, -0.25) is 10.1 Å². The van der Waals surface area contributed by atoms with Crippen molar-refractivity contribution in [2.24, 2.45) is 0 Å². The van der Waals surface area contributed by atoms with Gasteiger partial charge >= 0.3 is 0 Å². The van der Waals surface area contributed by atoms with E-state index in [0.29, 0.717) is 11.5 Å². The number of rotatable bonds is 3. The zero-order valence-corrected chi connectivity index (χ0v) is 11.8. The largest absolute Gasteiger partial charge is 0.342 e. The molecule has 1 aromatic carbocycles. The van der Waals surface area contributed by atoms with Crippen molar-refractivity contribution in [2.45, 2.75) is 19.8 Å². The molecule has 0 unspecified atom stereocenters. The Morgan fingerprint density at radius 3 is 2.71 bits per heavy atom. The average molecular weight is 281 g/mol. The molecule has 2 N–H and O–H groups in total. The Morgan fingerprint density at radius 2 is 2.00 bits per heavy atom. The molecule has 0 spiro atoms. The molecule has 2 heterocycles. The van der Waals surface area contributed by atoms with Crippen molar-refractivity contribution in [3.05, 3.63) is 48.0 Å². The Balaban J connectivity index is 1.88. The first-order chi connectivity index (χ1) is 10.1. The second-order valence-corrected chi connectivity index (χ2v) is 5.04. The van der Waals surface area contributed by atoms with Crippen LogP contribution in [0.3, 0.4) is 0 Å². The molecule has 6 heteroatoms. The molecular formula is C15H15N5O. The molecule has 0 bridgehead atoms. The molecule has 6 nitrogen and oxygen atoms in total. The third kappa shape index (κ3) is 2.74. The smallest absolute Gasteiger partial charge is 0.258 e. The lowest BCUT2D eigenvalue weighted by Crippen LogP contribution is -2.13. The number of carbonyl (C=O) groups excluding carboxylic acids is 1. The first kappa shape index (κ1) is 13.2. The van der Waals surface area contributed by atoms with Gasteiger partial charge in [0.05, 0.1) is 11.0 Å². The van der Waals surface area contributed by atoms with Gasteiger partial charge in [-0.2, -0.15) is 0 Å². The maximum absolute atomic E-state index is 12.2. The van der Waals surface area contributed by atoms with Crippen LogP contribution in [0.15, 0.2) is 36.7 Å². The number of hydrogen-bond donors (Lipinski definition) is 2. The van der Waals surface area contributed by atoms with Gasteiger partial charge in [0.15, 0.2) is 0 Å². The summed E-state index contributed by atoms with van der Waals surface area (Å²) in [7, 11) is 0. The van der Waals surface area contributed by atoms with Crippen LogP contribution in [0.2, 0.25) is 0 Å². The molecule has 0 saturated heterocycles. The normalized spacial score (nSPS) is 11.0. The quantitative estimate of drug-likeness (QED) is 0.773. The van der Waals surface area contributed by atoms with Crippen molar-refractivity contribution < 1.29 is 4.79 Å². The molecule has 106 valence electrons. The molecule has 1 amide bonds. The van der Waals surface area contributed by atoms with Crippen molar-refractivity contribution in [2.75, 3.05) is 5.32 Å². The zero-order chi connectivity index (χ0) is 14.8. The summed E-state index contributed by atoms with van der Waals surface area (Å²) in [4.78, 5) is 27.8. The van der Waals surface area contributed by atoms with Crippen LogP contribution in [0.5, 0.6) is 0 Å². The van der Waals surface area contributed by atoms with Gasteiger partial charge in [-0.15, -0.1) is 0 Å². The number of hydrogen-bond acceptors (Lipinski definition) is 4. The van der Waals surface area contributed by atoms with Gasteiger partial charge < -0.3 is 4.98 Å². The Bertz CT molecular complexity index is 779. The van der Waals surface area contributed by atoms with E-state index in [1.165, 1.54) is 0 Å². The van der Waals surface area contributed by atoms with Crippen LogP contribution in [0, 0.1) is 0 Å². The lowest BCUT2D eigenvalue weighted by molar-refractivity contribution is 0.102. The number of amides is 1. The van der Waals surface area contributed by atoms with Gasteiger partial charge in [-0.25, -0.2) is 15.0 Å². The fourth-order valence-electron chi connectivity index (χ4n) is 1.98. The molecule has 2 aromatic heterocycles. The zero-order valence-electron chi connectivity index (χ0n) is 11.8. The summed E-state index contributed by atoms with van der Waals surface area (Å²) in [6.45, 7) is 4.14. The maximum Gasteiger partial charge on any atom is 0.258 e. The minimum Gasteiger partial charge on any atom is -0.342 e. The minimum absolute atomic E-state index is 0.246. The third-order valence-electron chi connectivity index (χ3n) is 3.10. The minimum atomic E-state index is -0.246. The third-order valence-corrected chi connectivity index (χ3v) is 3.10. The monoisotopic (exact) mass is 281 g/mol. The molecule has 0 saturated carbocycles. The Kier molecular flexibility index (Phi) is 3.35. The summed E-state index contributed by atoms with van der Waals surface area (Å²) in [6, 6.07) is 7.05. The Morgan fingerprint density at radius 1 is 1.24 bits per heavy atom. The fourth-order valence-corrected chi connectivity index (χ4v) is 1.98. The topological polar surface area (TPSA) is 83.6 Å². The molecular weight excluding hydrogens is 266 g/mol. The number of aromatic nitrogens is 4. The van der Waals surface area contributed by atoms with E-state index in [1.807, 2.05) is 6.07 Å². The summed E-state index contributed by atoms with van der Waals surface area (Å²) in [5.41, 5.74) is 2.24. The number of fused-ring (bicyclic) bond motifs is 1. The predicted molar refractivity (Wildman–Crippen MR) is 80.2 cm³/mol. The first-order valence-electron chi connectivity index (χ1n) is 6.71. The summed E-state index contributed by atoms with van der Waals surface area (Å²) < 4.78 is 0.